The lowest BCUT2D eigenvalue weighted by Crippen LogP contribution is -2.03. The van der Waals surface area contributed by atoms with Crippen LogP contribution in [0.25, 0.3) is 0 Å². The van der Waals surface area contributed by atoms with E-state index in [4.69, 9.17) is 10.8 Å². The van der Waals surface area contributed by atoms with Gasteiger partial charge in [-0.05, 0) is 30.0 Å². The summed E-state index contributed by atoms with van der Waals surface area (Å²) in [7, 11) is 0. The van der Waals surface area contributed by atoms with Crippen LogP contribution in [0.1, 0.15) is 42.1 Å². The molecule has 0 aliphatic heterocycles. The second-order valence-corrected chi connectivity index (χ2v) is 3.62. The number of carboxylic acids is 1. The number of rotatable bonds is 3. The van der Waals surface area contributed by atoms with E-state index in [2.05, 4.69) is 0 Å². The van der Waals surface area contributed by atoms with Crippen molar-refractivity contribution in [2.24, 2.45) is 0 Å². The van der Waals surface area contributed by atoms with E-state index < -0.39 is 5.97 Å². The Bertz CT molecular complexity index is 388. The maximum absolute atomic E-state index is 10.8. The summed E-state index contributed by atoms with van der Waals surface area (Å²) in [4.78, 5) is 10.8. The Morgan fingerprint density at radius 2 is 2.13 bits per heavy atom. The number of nitrogen functional groups attached to an aromatic ring is 1. The first-order valence-electron chi connectivity index (χ1n) is 4.83. The van der Waals surface area contributed by atoms with Gasteiger partial charge in [0.05, 0.1) is 5.69 Å². The van der Waals surface area contributed by atoms with Crippen LogP contribution in [0.15, 0.2) is 12.1 Å². The zero-order valence-corrected chi connectivity index (χ0v) is 8.82. The van der Waals surface area contributed by atoms with Crippen molar-refractivity contribution in [3.05, 3.63) is 23.3 Å². The largest absolute Gasteiger partial charge is 0.505 e. The van der Waals surface area contributed by atoms with Gasteiger partial charge in [-0.1, -0.05) is 13.8 Å². The molecule has 0 saturated carbocycles. The number of carbonyl (C=O) groups is 1. The molecule has 0 aromatic heterocycles. The van der Waals surface area contributed by atoms with Crippen molar-refractivity contribution in [2.45, 2.75) is 26.2 Å². The normalized spacial score (nSPS) is 12.4. The van der Waals surface area contributed by atoms with Crippen LogP contribution in [0.3, 0.4) is 0 Å². The van der Waals surface area contributed by atoms with E-state index in [1.807, 2.05) is 13.8 Å². The smallest absolute Gasteiger partial charge is 0.339 e. The Labute approximate surface area is 88.3 Å². The van der Waals surface area contributed by atoms with Gasteiger partial charge in [0.25, 0.3) is 0 Å². The predicted octanol–water partition coefficient (Wildman–Crippen LogP) is 2.19. The van der Waals surface area contributed by atoms with Crippen molar-refractivity contribution >= 4 is 11.7 Å². The number of benzene rings is 1. The molecule has 4 nitrogen and oxygen atoms in total. The van der Waals surface area contributed by atoms with Gasteiger partial charge in [0.1, 0.15) is 5.56 Å². The molecule has 0 amide bonds. The molecule has 1 atom stereocenters. The first-order valence-corrected chi connectivity index (χ1v) is 4.83. The average Bonchev–Trinajstić information content (AvgIpc) is 2.20. The van der Waals surface area contributed by atoms with Crippen LogP contribution in [0.5, 0.6) is 5.75 Å². The minimum Gasteiger partial charge on any atom is -0.505 e. The summed E-state index contributed by atoms with van der Waals surface area (Å²) in [5.41, 5.74) is 6.36. The van der Waals surface area contributed by atoms with Crippen LogP contribution in [-0.4, -0.2) is 16.2 Å². The monoisotopic (exact) mass is 209 g/mol. The van der Waals surface area contributed by atoms with Gasteiger partial charge in [-0.3, -0.25) is 0 Å². The van der Waals surface area contributed by atoms with Crippen LogP contribution in [-0.2, 0) is 0 Å². The molecular formula is C11H15NO3. The zero-order valence-electron chi connectivity index (χ0n) is 8.82. The zero-order chi connectivity index (χ0) is 11.6. The summed E-state index contributed by atoms with van der Waals surface area (Å²) in [5, 5.41) is 18.3. The summed E-state index contributed by atoms with van der Waals surface area (Å²) < 4.78 is 0. The number of phenols is 1. The summed E-state index contributed by atoms with van der Waals surface area (Å²) in [6, 6.07) is 3.10. The number of aromatic hydroxyl groups is 1. The Morgan fingerprint density at radius 3 is 2.60 bits per heavy atom. The molecule has 0 heterocycles. The second kappa shape index (κ2) is 4.21. The Hall–Kier alpha value is -1.71. The number of nitrogens with two attached hydrogens (primary N) is 1. The number of hydrogen-bond donors (Lipinski definition) is 3. The number of carboxylic acid groups (broad SMARTS) is 1. The van der Waals surface area contributed by atoms with Crippen LogP contribution >= 0.6 is 0 Å². The molecular weight excluding hydrogens is 194 g/mol. The summed E-state index contributed by atoms with van der Waals surface area (Å²) in [5.74, 6) is -1.29. The number of hydrogen-bond acceptors (Lipinski definition) is 3. The van der Waals surface area contributed by atoms with E-state index >= 15 is 0 Å². The molecule has 1 rings (SSSR count). The summed E-state index contributed by atoms with van der Waals surface area (Å²) in [6.07, 6.45) is 0.892. The van der Waals surface area contributed by atoms with Crippen molar-refractivity contribution in [2.75, 3.05) is 5.73 Å². The molecule has 4 N–H and O–H groups in total. The maximum Gasteiger partial charge on any atom is 0.339 e. The topological polar surface area (TPSA) is 83.5 Å². The van der Waals surface area contributed by atoms with Gasteiger partial charge >= 0.3 is 5.97 Å². The molecule has 0 fully saturated rings. The molecule has 15 heavy (non-hydrogen) atoms. The predicted molar refractivity (Wildman–Crippen MR) is 58.2 cm³/mol. The van der Waals surface area contributed by atoms with Gasteiger partial charge in [-0.25, -0.2) is 4.79 Å². The minimum atomic E-state index is -1.16. The second-order valence-electron chi connectivity index (χ2n) is 3.62. The summed E-state index contributed by atoms with van der Waals surface area (Å²) in [6.45, 7) is 3.99. The van der Waals surface area contributed by atoms with E-state index in [-0.39, 0.29) is 22.9 Å². The quantitative estimate of drug-likeness (QED) is 0.526. The fourth-order valence-corrected chi connectivity index (χ4v) is 1.36. The van der Waals surface area contributed by atoms with E-state index in [0.717, 1.165) is 12.0 Å². The van der Waals surface area contributed by atoms with Gasteiger partial charge in [-0.15, -0.1) is 0 Å². The van der Waals surface area contributed by atoms with Crippen molar-refractivity contribution < 1.29 is 15.0 Å². The molecule has 0 bridgehead atoms. The van der Waals surface area contributed by atoms with E-state index in [1.165, 1.54) is 6.07 Å². The van der Waals surface area contributed by atoms with Crippen molar-refractivity contribution in [3.8, 4) is 5.75 Å². The lowest BCUT2D eigenvalue weighted by molar-refractivity contribution is 0.0693. The highest BCUT2D eigenvalue weighted by Gasteiger charge is 2.15. The Balaban J connectivity index is 3.29. The Kier molecular flexibility index (Phi) is 3.19. The van der Waals surface area contributed by atoms with Gasteiger partial charge in [0, 0.05) is 0 Å². The van der Waals surface area contributed by atoms with Crippen LogP contribution in [0.4, 0.5) is 5.69 Å². The van der Waals surface area contributed by atoms with Crippen molar-refractivity contribution in [1.29, 1.82) is 0 Å². The Morgan fingerprint density at radius 1 is 1.53 bits per heavy atom. The molecule has 0 saturated heterocycles. The third kappa shape index (κ3) is 2.21. The van der Waals surface area contributed by atoms with E-state index in [9.17, 15) is 9.90 Å². The highest BCUT2D eigenvalue weighted by Crippen LogP contribution is 2.31. The average molecular weight is 209 g/mol. The highest BCUT2D eigenvalue weighted by atomic mass is 16.4. The standard InChI is InChI=1S/C11H15NO3/c1-3-6(2)7-4-8(11(14)15)10(13)9(12)5-7/h4-6,13H,3,12H2,1-2H3,(H,14,15). The van der Waals surface area contributed by atoms with Gasteiger partial charge in [0.2, 0.25) is 0 Å². The van der Waals surface area contributed by atoms with E-state index in [1.54, 1.807) is 6.07 Å². The number of aromatic carboxylic acids is 1. The first kappa shape index (κ1) is 11.4. The SMILES string of the molecule is CCC(C)c1cc(N)c(O)c(C(=O)O)c1. The minimum absolute atomic E-state index is 0.116. The van der Waals surface area contributed by atoms with Crippen LogP contribution < -0.4 is 5.73 Å². The van der Waals surface area contributed by atoms with Crippen LogP contribution in [0, 0.1) is 0 Å². The fraction of sp³-hybridized carbons (Fsp3) is 0.364. The molecule has 4 heteroatoms. The molecule has 0 aliphatic rings. The first-order chi connectivity index (χ1) is 6.97. The molecule has 1 unspecified atom stereocenters. The molecule has 0 spiro atoms. The molecule has 1 aromatic rings. The molecule has 0 aliphatic carbocycles. The lowest BCUT2D eigenvalue weighted by Gasteiger charge is -2.12. The van der Waals surface area contributed by atoms with E-state index in [0.29, 0.717) is 0 Å². The van der Waals surface area contributed by atoms with Crippen molar-refractivity contribution in [1.82, 2.24) is 0 Å². The maximum atomic E-state index is 10.8. The van der Waals surface area contributed by atoms with Gasteiger partial charge in [-0.2, -0.15) is 0 Å². The summed E-state index contributed by atoms with van der Waals surface area (Å²) >= 11 is 0. The number of anilines is 1. The molecule has 82 valence electrons. The van der Waals surface area contributed by atoms with Crippen molar-refractivity contribution in [3.63, 3.8) is 0 Å². The lowest BCUT2D eigenvalue weighted by atomic mass is 9.95. The molecule has 1 aromatic carbocycles. The van der Waals surface area contributed by atoms with Crippen LogP contribution in [0.2, 0.25) is 0 Å². The van der Waals surface area contributed by atoms with Gasteiger partial charge < -0.3 is 15.9 Å². The highest BCUT2D eigenvalue weighted by molar-refractivity contribution is 5.93. The fourth-order valence-electron chi connectivity index (χ4n) is 1.36. The molecule has 0 radical (unpaired) electrons. The van der Waals surface area contributed by atoms with Gasteiger partial charge in [0.15, 0.2) is 5.75 Å². The third-order valence-corrected chi connectivity index (χ3v) is 2.57. The third-order valence-electron chi connectivity index (χ3n) is 2.57.